The predicted octanol–water partition coefficient (Wildman–Crippen LogP) is 3.63. The van der Waals surface area contributed by atoms with E-state index in [1.165, 1.54) is 18.4 Å². The number of aromatic nitrogens is 3. The molecule has 144 valence electrons. The molecule has 2 aromatic rings. The van der Waals surface area contributed by atoms with Crippen molar-refractivity contribution in [2.75, 3.05) is 6.61 Å². The molecule has 2 aliphatic rings. The molecule has 0 saturated heterocycles. The smallest absolute Gasteiger partial charge is 0.362 e. The van der Waals surface area contributed by atoms with E-state index in [0.29, 0.717) is 18.6 Å². The molecule has 1 aromatic heterocycles. The number of carbonyl (C=O) groups excluding carboxylic acids is 1. The normalized spacial score (nSPS) is 22.3. The minimum Gasteiger partial charge on any atom is -0.490 e. The van der Waals surface area contributed by atoms with Gasteiger partial charge in [0, 0.05) is 0 Å². The average Bonchev–Trinajstić information content (AvgIpc) is 3.38. The van der Waals surface area contributed by atoms with Gasteiger partial charge in [-0.25, -0.2) is 9.89 Å². The highest BCUT2D eigenvalue weighted by Gasteiger charge is 2.27. The molecule has 2 aliphatic carbocycles. The highest BCUT2D eigenvalue weighted by atomic mass is 16.5. The summed E-state index contributed by atoms with van der Waals surface area (Å²) in [6, 6.07) is 8.52. The molecule has 0 bridgehead atoms. The Morgan fingerprint density at radius 3 is 2.37 bits per heavy atom. The zero-order valence-electron chi connectivity index (χ0n) is 15.5. The van der Waals surface area contributed by atoms with Gasteiger partial charge in [-0.3, -0.25) is 0 Å². The second kappa shape index (κ2) is 7.98. The molecular weight excluding hydrogens is 346 g/mol. The van der Waals surface area contributed by atoms with Crippen LogP contribution < -0.4 is 9.47 Å². The van der Waals surface area contributed by atoms with Crippen LogP contribution in [0.1, 0.15) is 67.4 Å². The lowest BCUT2D eigenvalue weighted by atomic mass is 9.83. The molecule has 0 aliphatic heterocycles. The van der Waals surface area contributed by atoms with Gasteiger partial charge in [0.25, 0.3) is 5.88 Å². The Bertz CT molecular complexity index is 762. The van der Waals surface area contributed by atoms with Gasteiger partial charge in [0.15, 0.2) is 0 Å². The lowest BCUT2D eigenvalue weighted by Gasteiger charge is -2.28. The molecule has 4 rings (SSSR count). The van der Waals surface area contributed by atoms with Gasteiger partial charge in [-0.05, 0) is 69.1 Å². The Morgan fingerprint density at radius 2 is 1.70 bits per heavy atom. The molecular formula is C20H25N3O4. The number of carbonyl (C=O) groups is 1. The molecule has 1 heterocycles. The summed E-state index contributed by atoms with van der Waals surface area (Å²) in [7, 11) is 0. The number of aromatic amines is 1. The SMILES string of the molecule is CCOC(=O)c1[nH]nnc1O[C@H]1CC[C@H](c2ccc(OC3CC3)cc2)CC1. The summed E-state index contributed by atoms with van der Waals surface area (Å²) >= 11 is 0. The van der Waals surface area contributed by atoms with Crippen LogP contribution in [0.5, 0.6) is 11.6 Å². The molecule has 7 nitrogen and oxygen atoms in total. The molecule has 0 radical (unpaired) electrons. The van der Waals surface area contributed by atoms with Crippen LogP contribution in [0.15, 0.2) is 24.3 Å². The van der Waals surface area contributed by atoms with E-state index in [0.717, 1.165) is 31.4 Å². The third-order valence-corrected chi connectivity index (χ3v) is 5.13. The van der Waals surface area contributed by atoms with Gasteiger partial charge < -0.3 is 14.2 Å². The molecule has 7 heteroatoms. The van der Waals surface area contributed by atoms with E-state index >= 15 is 0 Å². The van der Waals surface area contributed by atoms with Crippen LogP contribution in [0.4, 0.5) is 0 Å². The first-order valence-corrected chi connectivity index (χ1v) is 9.74. The Labute approximate surface area is 158 Å². The van der Waals surface area contributed by atoms with Gasteiger partial charge in [-0.2, -0.15) is 0 Å². The minimum atomic E-state index is -0.486. The van der Waals surface area contributed by atoms with Crippen LogP contribution in [-0.4, -0.2) is 40.2 Å². The molecule has 0 amide bonds. The van der Waals surface area contributed by atoms with Gasteiger partial charge in [0.05, 0.1) is 12.7 Å². The van der Waals surface area contributed by atoms with Crippen molar-refractivity contribution in [2.24, 2.45) is 0 Å². The fourth-order valence-electron chi connectivity index (χ4n) is 3.51. The largest absolute Gasteiger partial charge is 0.490 e. The third-order valence-electron chi connectivity index (χ3n) is 5.13. The number of hydrogen-bond donors (Lipinski definition) is 1. The van der Waals surface area contributed by atoms with E-state index in [1.54, 1.807) is 6.92 Å². The van der Waals surface area contributed by atoms with Crippen molar-refractivity contribution >= 4 is 5.97 Å². The monoisotopic (exact) mass is 371 g/mol. The number of benzene rings is 1. The Kier molecular flexibility index (Phi) is 5.27. The van der Waals surface area contributed by atoms with Gasteiger partial charge in [0.1, 0.15) is 11.9 Å². The molecule has 2 saturated carbocycles. The summed E-state index contributed by atoms with van der Waals surface area (Å²) in [5.41, 5.74) is 1.54. The van der Waals surface area contributed by atoms with Gasteiger partial charge >= 0.3 is 5.97 Å². The number of rotatable bonds is 7. The number of H-pyrrole nitrogens is 1. The fourth-order valence-corrected chi connectivity index (χ4v) is 3.51. The van der Waals surface area contributed by atoms with E-state index in [2.05, 4.69) is 39.7 Å². The molecule has 27 heavy (non-hydrogen) atoms. The predicted molar refractivity (Wildman–Crippen MR) is 98.1 cm³/mol. The summed E-state index contributed by atoms with van der Waals surface area (Å²) in [5, 5.41) is 10.1. The maximum atomic E-state index is 11.9. The van der Waals surface area contributed by atoms with Crippen molar-refractivity contribution in [3.05, 3.63) is 35.5 Å². The second-order valence-corrected chi connectivity index (χ2v) is 7.19. The van der Waals surface area contributed by atoms with Crippen molar-refractivity contribution in [1.82, 2.24) is 15.4 Å². The highest BCUT2D eigenvalue weighted by Crippen LogP contribution is 2.36. The van der Waals surface area contributed by atoms with Crippen molar-refractivity contribution in [3.8, 4) is 11.6 Å². The summed E-state index contributed by atoms with van der Waals surface area (Å²) < 4.78 is 16.7. The van der Waals surface area contributed by atoms with E-state index in [9.17, 15) is 4.79 Å². The summed E-state index contributed by atoms with van der Waals surface area (Å²) in [5.74, 6) is 1.25. The average molecular weight is 371 g/mol. The van der Waals surface area contributed by atoms with Gasteiger partial charge in [0.2, 0.25) is 5.69 Å². The third kappa shape index (κ3) is 4.40. The molecule has 1 aromatic carbocycles. The van der Waals surface area contributed by atoms with Crippen molar-refractivity contribution in [3.63, 3.8) is 0 Å². The van der Waals surface area contributed by atoms with E-state index in [1.807, 2.05) is 0 Å². The fraction of sp³-hybridized carbons (Fsp3) is 0.550. The second-order valence-electron chi connectivity index (χ2n) is 7.19. The number of ether oxygens (including phenoxy) is 3. The Morgan fingerprint density at radius 1 is 1.04 bits per heavy atom. The lowest BCUT2D eigenvalue weighted by Crippen LogP contribution is -2.24. The van der Waals surface area contributed by atoms with E-state index < -0.39 is 5.97 Å². The van der Waals surface area contributed by atoms with Crippen molar-refractivity contribution in [2.45, 2.75) is 63.6 Å². The topological polar surface area (TPSA) is 86.3 Å². The maximum absolute atomic E-state index is 11.9. The highest BCUT2D eigenvalue weighted by molar-refractivity contribution is 5.89. The van der Waals surface area contributed by atoms with Crippen LogP contribution in [0.3, 0.4) is 0 Å². The molecule has 0 spiro atoms. The molecule has 1 N–H and O–H groups in total. The summed E-state index contributed by atoms with van der Waals surface area (Å²) in [6.45, 7) is 2.06. The van der Waals surface area contributed by atoms with Gasteiger partial charge in [-0.1, -0.05) is 22.4 Å². The number of nitrogens with zero attached hydrogens (tertiary/aromatic N) is 2. The van der Waals surface area contributed by atoms with Crippen LogP contribution in [-0.2, 0) is 4.74 Å². The molecule has 0 atom stereocenters. The van der Waals surface area contributed by atoms with Crippen LogP contribution in [0.25, 0.3) is 0 Å². The molecule has 2 fully saturated rings. The minimum absolute atomic E-state index is 0.0389. The summed E-state index contributed by atoms with van der Waals surface area (Å²) in [6.07, 6.45) is 6.74. The molecule has 0 unspecified atom stereocenters. The maximum Gasteiger partial charge on any atom is 0.362 e. The zero-order chi connectivity index (χ0) is 18.6. The standard InChI is InChI=1S/C20H25N3O4/c1-2-25-20(24)18-19(22-23-21-18)27-17-9-5-14(6-10-17)13-3-7-15(8-4-13)26-16-11-12-16/h3-4,7-8,14,16-17H,2,5-6,9-12H2,1H3,(H,21,22,23)/t14-,17-. The van der Waals surface area contributed by atoms with Crippen molar-refractivity contribution in [1.29, 1.82) is 0 Å². The number of esters is 1. The summed E-state index contributed by atoms with van der Waals surface area (Å²) in [4.78, 5) is 11.9. The van der Waals surface area contributed by atoms with E-state index in [-0.39, 0.29) is 17.7 Å². The number of hydrogen-bond acceptors (Lipinski definition) is 6. The van der Waals surface area contributed by atoms with Crippen LogP contribution >= 0.6 is 0 Å². The quantitative estimate of drug-likeness (QED) is 0.748. The van der Waals surface area contributed by atoms with Crippen molar-refractivity contribution < 1.29 is 19.0 Å². The lowest BCUT2D eigenvalue weighted by molar-refractivity contribution is 0.0508. The van der Waals surface area contributed by atoms with E-state index in [4.69, 9.17) is 14.2 Å². The van der Waals surface area contributed by atoms with Crippen LogP contribution in [0.2, 0.25) is 0 Å². The first-order valence-electron chi connectivity index (χ1n) is 9.74. The van der Waals surface area contributed by atoms with Crippen LogP contribution in [0, 0.1) is 0 Å². The first-order chi connectivity index (χ1) is 13.2. The Balaban J connectivity index is 1.30. The first kappa shape index (κ1) is 17.8. The van der Waals surface area contributed by atoms with Gasteiger partial charge in [-0.15, -0.1) is 0 Å². The Hall–Kier alpha value is -2.57. The number of nitrogens with one attached hydrogen (secondary N) is 1. The zero-order valence-corrected chi connectivity index (χ0v) is 15.5.